The molecule has 1 saturated heterocycles. The molecule has 0 aromatic heterocycles. The van der Waals surface area contributed by atoms with Gasteiger partial charge in [0.15, 0.2) is 0 Å². The summed E-state index contributed by atoms with van der Waals surface area (Å²) >= 11 is 0. The molecule has 2 aromatic rings. The molecule has 0 spiro atoms. The van der Waals surface area contributed by atoms with Gasteiger partial charge in [0.25, 0.3) is 5.91 Å². The molecule has 1 fully saturated rings. The van der Waals surface area contributed by atoms with E-state index in [1.165, 1.54) is 0 Å². The molecular formula is C16H17NO3. The zero-order valence-corrected chi connectivity index (χ0v) is 11.1. The van der Waals surface area contributed by atoms with Gasteiger partial charge in [-0.3, -0.25) is 4.79 Å². The van der Waals surface area contributed by atoms with Gasteiger partial charge in [0.05, 0.1) is 12.7 Å². The number of carbonyl (C=O) groups is 1. The molecule has 0 radical (unpaired) electrons. The summed E-state index contributed by atoms with van der Waals surface area (Å²) < 4.78 is 0. The predicted octanol–water partition coefficient (Wildman–Crippen LogP) is 1.26. The van der Waals surface area contributed by atoms with Crippen LogP contribution in [0, 0.1) is 5.92 Å². The smallest absolute Gasteiger partial charge is 0.253 e. The molecule has 104 valence electrons. The molecule has 1 heterocycles. The molecule has 2 unspecified atom stereocenters. The fourth-order valence-corrected chi connectivity index (χ4v) is 2.70. The molecule has 4 heteroatoms. The van der Waals surface area contributed by atoms with Crippen molar-refractivity contribution in [1.82, 2.24) is 4.90 Å². The first-order valence-corrected chi connectivity index (χ1v) is 6.76. The quantitative estimate of drug-likeness (QED) is 0.864. The Kier molecular flexibility index (Phi) is 3.42. The van der Waals surface area contributed by atoms with Crippen LogP contribution in [0.2, 0.25) is 0 Å². The van der Waals surface area contributed by atoms with Crippen LogP contribution >= 0.6 is 0 Å². The van der Waals surface area contributed by atoms with Gasteiger partial charge in [-0.05, 0) is 22.9 Å². The molecule has 0 aliphatic carbocycles. The number of likely N-dealkylation sites (tertiary alicyclic amines) is 1. The molecule has 1 amide bonds. The van der Waals surface area contributed by atoms with Crippen LogP contribution in [0.15, 0.2) is 42.5 Å². The molecule has 2 aromatic carbocycles. The molecule has 0 saturated carbocycles. The Morgan fingerprint density at radius 1 is 1.15 bits per heavy atom. The second kappa shape index (κ2) is 5.23. The van der Waals surface area contributed by atoms with E-state index in [-0.39, 0.29) is 25.0 Å². The monoisotopic (exact) mass is 271 g/mol. The molecule has 1 aliphatic heterocycles. The highest BCUT2D eigenvalue weighted by Crippen LogP contribution is 2.21. The van der Waals surface area contributed by atoms with Crippen LogP contribution < -0.4 is 0 Å². The number of rotatable bonds is 2. The first kappa shape index (κ1) is 13.1. The van der Waals surface area contributed by atoms with Crippen LogP contribution in [0.4, 0.5) is 0 Å². The first-order chi connectivity index (χ1) is 9.69. The summed E-state index contributed by atoms with van der Waals surface area (Å²) in [5, 5.41) is 21.0. The Balaban J connectivity index is 1.86. The number of aliphatic hydroxyl groups excluding tert-OH is 2. The fraction of sp³-hybridized carbons (Fsp3) is 0.312. The second-order valence-electron chi connectivity index (χ2n) is 5.28. The Hall–Kier alpha value is -1.91. The summed E-state index contributed by atoms with van der Waals surface area (Å²) in [5.41, 5.74) is 0.620. The third-order valence-corrected chi connectivity index (χ3v) is 3.92. The van der Waals surface area contributed by atoms with Crippen molar-refractivity contribution in [2.75, 3.05) is 19.7 Å². The SMILES string of the molecule is O=C(c1ccc2ccccc2c1)N1CC(O)C(CO)C1. The lowest BCUT2D eigenvalue weighted by Gasteiger charge is -2.16. The molecule has 1 aliphatic rings. The molecule has 20 heavy (non-hydrogen) atoms. The van der Waals surface area contributed by atoms with E-state index < -0.39 is 6.10 Å². The van der Waals surface area contributed by atoms with Crippen molar-refractivity contribution in [3.05, 3.63) is 48.0 Å². The van der Waals surface area contributed by atoms with Crippen molar-refractivity contribution in [2.24, 2.45) is 5.92 Å². The number of fused-ring (bicyclic) bond motifs is 1. The number of hydrogen-bond donors (Lipinski definition) is 2. The lowest BCUT2D eigenvalue weighted by Crippen LogP contribution is -2.29. The number of β-amino-alcohol motifs (C(OH)–C–C–N with tert-alkyl or cyclic N) is 1. The average molecular weight is 271 g/mol. The minimum Gasteiger partial charge on any atom is -0.396 e. The highest BCUT2D eigenvalue weighted by molar-refractivity contribution is 5.98. The molecule has 2 N–H and O–H groups in total. The molecule has 0 bridgehead atoms. The zero-order chi connectivity index (χ0) is 14.1. The van der Waals surface area contributed by atoms with Gasteiger partial charge in [0.2, 0.25) is 0 Å². The van der Waals surface area contributed by atoms with E-state index in [9.17, 15) is 9.90 Å². The lowest BCUT2D eigenvalue weighted by molar-refractivity contribution is 0.0763. The molecule has 4 nitrogen and oxygen atoms in total. The van der Waals surface area contributed by atoms with E-state index in [0.717, 1.165) is 10.8 Å². The minimum absolute atomic E-state index is 0.0919. The zero-order valence-electron chi connectivity index (χ0n) is 11.1. The Morgan fingerprint density at radius 2 is 1.90 bits per heavy atom. The minimum atomic E-state index is -0.635. The fourth-order valence-electron chi connectivity index (χ4n) is 2.70. The van der Waals surface area contributed by atoms with Crippen LogP contribution in [-0.4, -0.2) is 46.8 Å². The number of aliphatic hydroxyl groups is 2. The Morgan fingerprint density at radius 3 is 2.60 bits per heavy atom. The van der Waals surface area contributed by atoms with Crippen molar-refractivity contribution in [3.8, 4) is 0 Å². The van der Waals surface area contributed by atoms with Gasteiger partial charge in [-0.2, -0.15) is 0 Å². The van der Waals surface area contributed by atoms with Gasteiger partial charge in [-0.1, -0.05) is 30.3 Å². The number of amides is 1. The number of carbonyl (C=O) groups excluding carboxylic acids is 1. The van der Waals surface area contributed by atoms with E-state index in [2.05, 4.69) is 0 Å². The Bertz CT molecular complexity index is 640. The van der Waals surface area contributed by atoms with Crippen LogP contribution in [-0.2, 0) is 0 Å². The van der Waals surface area contributed by atoms with Crippen molar-refractivity contribution in [1.29, 1.82) is 0 Å². The van der Waals surface area contributed by atoms with E-state index >= 15 is 0 Å². The van der Waals surface area contributed by atoms with Crippen molar-refractivity contribution in [3.63, 3.8) is 0 Å². The topological polar surface area (TPSA) is 60.8 Å². The van der Waals surface area contributed by atoms with E-state index in [0.29, 0.717) is 12.1 Å². The number of benzene rings is 2. The predicted molar refractivity (Wildman–Crippen MR) is 76.4 cm³/mol. The Labute approximate surface area is 117 Å². The molecule has 2 atom stereocenters. The van der Waals surface area contributed by atoms with Crippen molar-refractivity contribution < 1.29 is 15.0 Å². The first-order valence-electron chi connectivity index (χ1n) is 6.76. The highest BCUT2D eigenvalue weighted by Gasteiger charge is 2.33. The number of nitrogens with zero attached hydrogens (tertiary/aromatic N) is 1. The maximum Gasteiger partial charge on any atom is 0.253 e. The van der Waals surface area contributed by atoms with Crippen molar-refractivity contribution in [2.45, 2.75) is 6.10 Å². The third-order valence-electron chi connectivity index (χ3n) is 3.92. The highest BCUT2D eigenvalue weighted by atomic mass is 16.3. The second-order valence-corrected chi connectivity index (χ2v) is 5.28. The van der Waals surface area contributed by atoms with Crippen molar-refractivity contribution >= 4 is 16.7 Å². The molecule has 3 rings (SSSR count). The van der Waals surface area contributed by atoms with Gasteiger partial charge in [0.1, 0.15) is 0 Å². The summed E-state index contributed by atoms with van der Waals surface area (Å²) in [4.78, 5) is 14.0. The summed E-state index contributed by atoms with van der Waals surface area (Å²) in [6.07, 6.45) is -0.635. The average Bonchev–Trinajstić information content (AvgIpc) is 2.87. The standard InChI is InChI=1S/C16H17NO3/c18-10-14-8-17(9-15(14)19)16(20)13-6-5-11-3-1-2-4-12(11)7-13/h1-7,14-15,18-19H,8-10H2. The summed E-state index contributed by atoms with van der Waals surface area (Å²) in [5.74, 6) is -0.329. The van der Waals surface area contributed by atoms with Crippen LogP contribution in [0.5, 0.6) is 0 Å². The van der Waals surface area contributed by atoms with E-state index in [1.807, 2.05) is 42.5 Å². The normalized spacial score (nSPS) is 22.4. The summed E-state index contributed by atoms with van der Waals surface area (Å²) in [7, 11) is 0. The third kappa shape index (κ3) is 2.28. The van der Waals surface area contributed by atoms with E-state index in [1.54, 1.807) is 4.90 Å². The van der Waals surface area contributed by atoms with Crippen LogP contribution in [0.3, 0.4) is 0 Å². The van der Waals surface area contributed by atoms with Gasteiger partial charge < -0.3 is 15.1 Å². The summed E-state index contributed by atoms with van der Waals surface area (Å²) in [6.45, 7) is 0.600. The lowest BCUT2D eigenvalue weighted by atomic mass is 10.1. The van der Waals surface area contributed by atoms with Crippen LogP contribution in [0.1, 0.15) is 10.4 Å². The number of hydrogen-bond acceptors (Lipinski definition) is 3. The van der Waals surface area contributed by atoms with Gasteiger partial charge in [-0.15, -0.1) is 0 Å². The van der Waals surface area contributed by atoms with Gasteiger partial charge in [0, 0.05) is 24.6 Å². The maximum atomic E-state index is 12.4. The largest absolute Gasteiger partial charge is 0.396 e. The maximum absolute atomic E-state index is 12.4. The molecular weight excluding hydrogens is 254 g/mol. The van der Waals surface area contributed by atoms with Gasteiger partial charge >= 0.3 is 0 Å². The van der Waals surface area contributed by atoms with E-state index in [4.69, 9.17) is 5.11 Å². The summed E-state index contributed by atoms with van der Waals surface area (Å²) in [6, 6.07) is 13.5. The van der Waals surface area contributed by atoms with Crippen LogP contribution in [0.25, 0.3) is 10.8 Å². The van der Waals surface area contributed by atoms with Gasteiger partial charge in [-0.25, -0.2) is 0 Å².